The Morgan fingerprint density at radius 2 is 1.62 bits per heavy atom. The molecule has 0 spiro atoms. The van der Waals surface area contributed by atoms with Crippen LogP contribution >= 0.6 is 0 Å². The zero-order chi connectivity index (χ0) is 16.9. The lowest BCUT2D eigenvalue weighted by Crippen LogP contribution is -3.05. The van der Waals surface area contributed by atoms with Crippen LogP contribution in [-0.4, -0.2) is 37.4 Å². The second-order valence-corrected chi connectivity index (χ2v) is 6.55. The van der Waals surface area contributed by atoms with E-state index in [9.17, 15) is 0 Å². The number of aromatic nitrogens is 2. The van der Waals surface area contributed by atoms with Crippen LogP contribution in [0, 0.1) is 6.92 Å². The van der Waals surface area contributed by atoms with E-state index in [2.05, 4.69) is 85.1 Å². The molecule has 0 aliphatic rings. The number of quaternary nitrogens is 1. The molecule has 0 saturated heterocycles. The van der Waals surface area contributed by atoms with Gasteiger partial charge < -0.3 is 10.2 Å². The number of nitrogens with zero attached hydrogens (tertiary/aromatic N) is 2. The largest absolute Gasteiger partial charge is 0.368 e. The molecule has 0 fully saturated rings. The molecule has 24 heavy (non-hydrogen) atoms. The topological polar surface area (TPSA) is 42.2 Å². The first kappa shape index (κ1) is 16.4. The number of rotatable bonds is 6. The molecule has 2 N–H and O–H groups in total. The molecule has 0 aliphatic heterocycles. The first-order chi connectivity index (χ1) is 11.6. The second kappa shape index (κ2) is 7.41. The highest BCUT2D eigenvalue weighted by Gasteiger charge is 2.10. The van der Waals surface area contributed by atoms with Crippen LogP contribution in [-0.2, 0) is 0 Å². The Morgan fingerprint density at radius 1 is 0.917 bits per heavy atom. The lowest BCUT2D eigenvalue weighted by Gasteiger charge is -2.12. The summed E-state index contributed by atoms with van der Waals surface area (Å²) in [7, 11) is 4.34. The normalized spacial score (nSPS) is 11.2. The predicted molar refractivity (Wildman–Crippen MR) is 100 cm³/mol. The van der Waals surface area contributed by atoms with Crippen molar-refractivity contribution in [1.29, 1.82) is 0 Å². The van der Waals surface area contributed by atoms with Gasteiger partial charge in [-0.05, 0) is 6.92 Å². The van der Waals surface area contributed by atoms with E-state index in [0.29, 0.717) is 0 Å². The molecule has 0 unspecified atom stereocenters. The number of hydrogen-bond donors (Lipinski definition) is 2. The molecule has 1 heterocycles. The molecule has 2 aromatic carbocycles. The maximum Gasteiger partial charge on any atom is 0.156 e. The summed E-state index contributed by atoms with van der Waals surface area (Å²) in [5.74, 6) is 0.871. The van der Waals surface area contributed by atoms with Gasteiger partial charge in [0.15, 0.2) is 5.82 Å². The summed E-state index contributed by atoms with van der Waals surface area (Å²) in [6.45, 7) is 4.14. The van der Waals surface area contributed by atoms with Crippen LogP contribution < -0.4 is 10.2 Å². The van der Waals surface area contributed by atoms with Crippen molar-refractivity contribution in [2.24, 2.45) is 0 Å². The molecule has 124 valence electrons. The highest BCUT2D eigenvalue weighted by Crippen LogP contribution is 2.29. The number of hydrogen-bond acceptors (Lipinski definition) is 3. The molecule has 0 saturated carbocycles. The van der Waals surface area contributed by atoms with E-state index < -0.39 is 0 Å². The minimum absolute atomic E-state index is 0.871. The van der Waals surface area contributed by atoms with Crippen LogP contribution in [0.3, 0.4) is 0 Å². The average molecular weight is 321 g/mol. The maximum absolute atomic E-state index is 4.50. The fraction of sp³-hybridized carbons (Fsp3) is 0.300. The monoisotopic (exact) mass is 321 g/mol. The van der Waals surface area contributed by atoms with Gasteiger partial charge in [-0.2, -0.15) is 0 Å². The molecule has 0 atom stereocenters. The summed E-state index contributed by atoms with van der Waals surface area (Å²) in [5, 5.41) is 14.7. The van der Waals surface area contributed by atoms with Crippen molar-refractivity contribution in [3.63, 3.8) is 0 Å². The van der Waals surface area contributed by atoms with Gasteiger partial charge in [-0.3, -0.25) is 0 Å². The third-order valence-electron chi connectivity index (χ3n) is 4.16. The molecular formula is C20H25N4+. The van der Waals surface area contributed by atoms with Crippen LogP contribution in [0.4, 0.5) is 5.82 Å². The molecule has 4 heteroatoms. The van der Waals surface area contributed by atoms with Gasteiger partial charge in [-0.25, -0.2) is 0 Å². The lowest BCUT2D eigenvalue weighted by molar-refractivity contribution is -0.858. The van der Waals surface area contributed by atoms with E-state index in [1.165, 1.54) is 10.5 Å². The third-order valence-corrected chi connectivity index (χ3v) is 4.16. The van der Waals surface area contributed by atoms with Crippen LogP contribution in [0.1, 0.15) is 12.0 Å². The van der Waals surface area contributed by atoms with Gasteiger partial charge in [0.2, 0.25) is 0 Å². The van der Waals surface area contributed by atoms with Gasteiger partial charge in [0, 0.05) is 29.3 Å². The lowest BCUT2D eigenvalue weighted by atomic mass is 10.0. The van der Waals surface area contributed by atoms with Crippen molar-refractivity contribution in [2.75, 3.05) is 32.5 Å². The second-order valence-electron chi connectivity index (χ2n) is 6.55. The first-order valence-electron chi connectivity index (χ1n) is 8.50. The van der Waals surface area contributed by atoms with Crippen molar-refractivity contribution in [3.8, 4) is 11.3 Å². The van der Waals surface area contributed by atoms with Crippen molar-refractivity contribution in [3.05, 3.63) is 54.1 Å². The minimum Gasteiger partial charge on any atom is -0.368 e. The van der Waals surface area contributed by atoms with Gasteiger partial charge in [0.05, 0.1) is 20.6 Å². The molecule has 0 aliphatic carbocycles. The number of aryl methyl sites for hydroxylation is 1. The summed E-state index contributed by atoms with van der Waals surface area (Å²) in [5.41, 5.74) is 3.29. The molecule has 3 aromatic rings. The number of nitrogens with one attached hydrogen (secondary N) is 2. The fourth-order valence-electron chi connectivity index (χ4n) is 2.81. The van der Waals surface area contributed by atoms with Gasteiger partial charge >= 0.3 is 0 Å². The van der Waals surface area contributed by atoms with Crippen LogP contribution in [0.2, 0.25) is 0 Å². The van der Waals surface area contributed by atoms with Crippen molar-refractivity contribution in [1.82, 2.24) is 10.2 Å². The highest BCUT2D eigenvalue weighted by molar-refractivity contribution is 5.99. The van der Waals surface area contributed by atoms with Gasteiger partial charge in [0.25, 0.3) is 0 Å². The summed E-state index contributed by atoms with van der Waals surface area (Å²) in [6.07, 6.45) is 1.11. The highest BCUT2D eigenvalue weighted by atomic mass is 15.2. The van der Waals surface area contributed by atoms with Crippen LogP contribution in [0.25, 0.3) is 22.0 Å². The molecule has 0 bridgehead atoms. The number of fused-ring (bicyclic) bond motifs is 1. The molecule has 4 nitrogen and oxygen atoms in total. The van der Waals surface area contributed by atoms with Crippen molar-refractivity contribution < 1.29 is 4.90 Å². The number of anilines is 1. The van der Waals surface area contributed by atoms with Crippen LogP contribution in [0.15, 0.2) is 48.5 Å². The quantitative estimate of drug-likeness (QED) is 0.686. The smallest absolute Gasteiger partial charge is 0.156 e. The molecule has 1 aromatic heterocycles. The first-order valence-corrected chi connectivity index (χ1v) is 8.50. The van der Waals surface area contributed by atoms with E-state index >= 15 is 0 Å². The van der Waals surface area contributed by atoms with Gasteiger partial charge in [-0.1, -0.05) is 54.1 Å². The standard InChI is InChI=1S/C20H24N4/c1-15-9-11-16(12-10-15)19-17-7-4-5-8-18(17)20(23-22-19)21-13-6-14-24(2)3/h4-5,7-12H,6,13-14H2,1-3H3,(H,21,23)/p+1. The van der Waals surface area contributed by atoms with Gasteiger partial charge in [0.1, 0.15) is 5.69 Å². The zero-order valence-corrected chi connectivity index (χ0v) is 14.6. The van der Waals surface area contributed by atoms with E-state index in [1.807, 2.05) is 0 Å². The zero-order valence-electron chi connectivity index (χ0n) is 14.6. The fourth-order valence-corrected chi connectivity index (χ4v) is 2.81. The van der Waals surface area contributed by atoms with Crippen molar-refractivity contribution >= 4 is 16.6 Å². The van der Waals surface area contributed by atoms with E-state index in [0.717, 1.165) is 47.4 Å². The number of benzene rings is 2. The Balaban J connectivity index is 1.91. The molecule has 0 radical (unpaired) electrons. The average Bonchev–Trinajstić information content (AvgIpc) is 2.59. The Labute approximate surface area is 143 Å². The summed E-state index contributed by atoms with van der Waals surface area (Å²) in [4.78, 5) is 1.46. The summed E-state index contributed by atoms with van der Waals surface area (Å²) in [6, 6.07) is 16.8. The molecular weight excluding hydrogens is 296 g/mol. The predicted octanol–water partition coefficient (Wildman–Crippen LogP) is 2.55. The molecule has 0 amide bonds. The Kier molecular flexibility index (Phi) is 5.06. The molecule has 3 rings (SSSR count). The minimum atomic E-state index is 0.871. The summed E-state index contributed by atoms with van der Waals surface area (Å²) >= 11 is 0. The van der Waals surface area contributed by atoms with Crippen LogP contribution in [0.5, 0.6) is 0 Å². The van der Waals surface area contributed by atoms with Gasteiger partial charge in [-0.15, -0.1) is 10.2 Å². The Hall–Kier alpha value is -2.46. The SMILES string of the molecule is Cc1ccc(-c2nnc(NCCC[NH+](C)C)c3ccccc23)cc1. The third kappa shape index (κ3) is 3.71. The van der Waals surface area contributed by atoms with E-state index in [4.69, 9.17) is 0 Å². The Morgan fingerprint density at radius 3 is 2.33 bits per heavy atom. The van der Waals surface area contributed by atoms with Crippen molar-refractivity contribution in [2.45, 2.75) is 13.3 Å². The Bertz CT molecular complexity index is 809. The maximum atomic E-state index is 4.50. The van der Waals surface area contributed by atoms with E-state index in [-0.39, 0.29) is 0 Å². The summed E-state index contributed by atoms with van der Waals surface area (Å²) < 4.78 is 0. The van der Waals surface area contributed by atoms with E-state index in [1.54, 1.807) is 0 Å².